The van der Waals surface area contributed by atoms with Crippen LogP contribution in [0.2, 0.25) is 0 Å². The van der Waals surface area contributed by atoms with Crippen LogP contribution in [0, 0.1) is 0 Å². The normalized spacial score (nSPS) is 11.9. The number of para-hydroxylation sites is 1. The molecule has 0 radical (unpaired) electrons. The first-order chi connectivity index (χ1) is 9.22. The summed E-state index contributed by atoms with van der Waals surface area (Å²) < 4.78 is 0. The number of rotatable bonds is 4. The van der Waals surface area contributed by atoms with Gasteiger partial charge in [-0.25, -0.2) is 0 Å². The van der Waals surface area contributed by atoms with E-state index in [0.29, 0.717) is 0 Å². The quantitative estimate of drug-likeness (QED) is 0.877. The molecule has 0 saturated heterocycles. The van der Waals surface area contributed by atoms with Crippen LogP contribution in [0.15, 0.2) is 54.6 Å². The first kappa shape index (κ1) is 13.3. The lowest BCUT2D eigenvalue weighted by Crippen LogP contribution is -2.19. The Labute approximate surface area is 114 Å². The Morgan fingerprint density at radius 2 is 1.68 bits per heavy atom. The maximum Gasteiger partial charge on any atom is 0.231 e. The van der Waals surface area contributed by atoms with Crippen LogP contribution < -0.4 is 5.32 Å². The van der Waals surface area contributed by atoms with Gasteiger partial charge in [-0.3, -0.25) is 4.79 Å². The molecule has 0 aliphatic carbocycles. The van der Waals surface area contributed by atoms with Crippen molar-refractivity contribution in [3.05, 3.63) is 65.7 Å². The number of aryl methyl sites for hydroxylation is 1. The Bertz CT molecular complexity index is 548. The van der Waals surface area contributed by atoms with Crippen LogP contribution in [-0.2, 0) is 11.2 Å². The molecule has 19 heavy (non-hydrogen) atoms. The molecule has 1 amide bonds. The molecule has 0 aromatic heterocycles. The molecule has 2 rings (SSSR count). The van der Waals surface area contributed by atoms with Crippen LogP contribution in [0.5, 0.6) is 0 Å². The SMILES string of the molecule is CCc1ccccc1NC(=O)[C@@H](C)c1ccccc1. The molecule has 1 N–H and O–H groups in total. The highest BCUT2D eigenvalue weighted by molar-refractivity contribution is 5.96. The summed E-state index contributed by atoms with van der Waals surface area (Å²) in [6.45, 7) is 4.02. The van der Waals surface area contributed by atoms with Gasteiger partial charge in [0.15, 0.2) is 0 Å². The molecule has 98 valence electrons. The third-order valence-electron chi connectivity index (χ3n) is 3.35. The van der Waals surface area contributed by atoms with Crippen LogP contribution in [0.3, 0.4) is 0 Å². The van der Waals surface area contributed by atoms with E-state index in [1.54, 1.807) is 0 Å². The molecule has 0 unspecified atom stereocenters. The standard InChI is InChI=1S/C17H19NO/c1-3-14-9-7-8-12-16(14)18-17(19)13(2)15-10-5-4-6-11-15/h4-13H,3H2,1-2H3,(H,18,19)/t13-/m0/s1. The topological polar surface area (TPSA) is 29.1 Å². The van der Waals surface area contributed by atoms with Crippen molar-refractivity contribution >= 4 is 11.6 Å². The van der Waals surface area contributed by atoms with Gasteiger partial charge in [0.05, 0.1) is 5.92 Å². The van der Waals surface area contributed by atoms with Crippen molar-refractivity contribution in [1.82, 2.24) is 0 Å². The molecule has 0 aliphatic rings. The summed E-state index contributed by atoms with van der Waals surface area (Å²) in [5.74, 6) is -0.113. The van der Waals surface area contributed by atoms with Gasteiger partial charge in [0, 0.05) is 5.69 Å². The summed E-state index contributed by atoms with van der Waals surface area (Å²) in [5, 5.41) is 3.02. The lowest BCUT2D eigenvalue weighted by molar-refractivity contribution is -0.117. The highest BCUT2D eigenvalue weighted by Gasteiger charge is 2.15. The Morgan fingerprint density at radius 1 is 1.05 bits per heavy atom. The number of hydrogen-bond acceptors (Lipinski definition) is 1. The first-order valence-corrected chi connectivity index (χ1v) is 6.66. The summed E-state index contributed by atoms with van der Waals surface area (Å²) in [6, 6.07) is 17.8. The van der Waals surface area contributed by atoms with Crippen molar-refractivity contribution in [2.45, 2.75) is 26.2 Å². The Hall–Kier alpha value is -2.09. The van der Waals surface area contributed by atoms with Crippen molar-refractivity contribution in [3.8, 4) is 0 Å². The fourth-order valence-electron chi connectivity index (χ4n) is 2.08. The second-order valence-corrected chi connectivity index (χ2v) is 4.63. The van der Waals surface area contributed by atoms with Crippen LogP contribution in [0.25, 0.3) is 0 Å². The molecule has 0 bridgehead atoms. The van der Waals surface area contributed by atoms with Gasteiger partial charge in [-0.15, -0.1) is 0 Å². The Kier molecular flexibility index (Phi) is 4.35. The van der Waals surface area contributed by atoms with Crippen LogP contribution in [0.4, 0.5) is 5.69 Å². The summed E-state index contributed by atoms with van der Waals surface area (Å²) in [7, 11) is 0. The molecular weight excluding hydrogens is 234 g/mol. The zero-order chi connectivity index (χ0) is 13.7. The van der Waals surface area contributed by atoms with Crippen molar-refractivity contribution in [2.24, 2.45) is 0 Å². The second kappa shape index (κ2) is 6.19. The summed E-state index contributed by atoms with van der Waals surface area (Å²) in [6.07, 6.45) is 0.913. The van der Waals surface area contributed by atoms with Gasteiger partial charge in [0.1, 0.15) is 0 Å². The molecule has 0 aliphatic heterocycles. The third kappa shape index (κ3) is 3.22. The Morgan fingerprint density at radius 3 is 2.37 bits per heavy atom. The molecule has 0 saturated carbocycles. The maximum atomic E-state index is 12.3. The molecule has 0 heterocycles. The van der Waals surface area contributed by atoms with E-state index in [1.165, 1.54) is 0 Å². The minimum atomic E-state index is -0.147. The van der Waals surface area contributed by atoms with Gasteiger partial charge >= 0.3 is 0 Å². The minimum absolute atomic E-state index is 0.0344. The summed E-state index contributed by atoms with van der Waals surface area (Å²) in [4.78, 5) is 12.3. The van der Waals surface area contributed by atoms with Crippen LogP contribution in [0.1, 0.15) is 30.9 Å². The largest absolute Gasteiger partial charge is 0.325 e. The van der Waals surface area contributed by atoms with E-state index in [2.05, 4.69) is 12.2 Å². The number of benzene rings is 2. The molecular formula is C17H19NO. The molecule has 2 aromatic rings. The van der Waals surface area contributed by atoms with Crippen molar-refractivity contribution in [1.29, 1.82) is 0 Å². The number of carbonyl (C=O) groups excluding carboxylic acids is 1. The number of hydrogen-bond donors (Lipinski definition) is 1. The molecule has 2 heteroatoms. The highest BCUT2D eigenvalue weighted by Crippen LogP contribution is 2.20. The van der Waals surface area contributed by atoms with E-state index in [1.807, 2.05) is 61.5 Å². The predicted molar refractivity (Wildman–Crippen MR) is 79.3 cm³/mol. The molecule has 2 aromatic carbocycles. The zero-order valence-corrected chi connectivity index (χ0v) is 11.4. The van der Waals surface area contributed by atoms with Gasteiger partial charge < -0.3 is 5.32 Å². The smallest absolute Gasteiger partial charge is 0.231 e. The van der Waals surface area contributed by atoms with Crippen molar-refractivity contribution < 1.29 is 4.79 Å². The fourth-order valence-corrected chi connectivity index (χ4v) is 2.08. The van der Waals surface area contributed by atoms with Gasteiger partial charge in [0.25, 0.3) is 0 Å². The van der Waals surface area contributed by atoms with Gasteiger partial charge in [0.2, 0.25) is 5.91 Å². The number of amides is 1. The zero-order valence-electron chi connectivity index (χ0n) is 11.4. The van der Waals surface area contributed by atoms with Gasteiger partial charge in [-0.2, -0.15) is 0 Å². The van der Waals surface area contributed by atoms with Crippen molar-refractivity contribution in [2.75, 3.05) is 5.32 Å². The van der Waals surface area contributed by atoms with Crippen LogP contribution >= 0.6 is 0 Å². The fraction of sp³-hybridized carbons (Fsp3) is 0.235. The van der Waals surface area contributed by atoms with E-state index < -0.39 is 0 Å². The molecule has 1 atom stereocenters. The predicted octanol–water partition coefficient (Wildman–Crippen LogP) is 3.99. The summed E-state index contributed by atoms with van der Waals surface area (Å²) >= 11 is 0. The van der Waals surface area contributed by atoms with E-state index in [9.17, 15) is 4.79 Å². The van der Waals surface area contributed by atoms with Crippen LogP contribution in [-0.4, -0.2) is 5.91 Å². The van der Waals surface area contributed by atoms with E-state index in [0.717, 1.165) is 23.2 Å². The second-order valence-electron chi connectivity index (χ2n) is 4.63. The third-order valence-corrected chi connectivity index (χ3v) is 3.35. The average Bonchev–Trinajstić information content (AvgIpc) is 2.48. The summed E-state index contributed by atoms with van der Waals surface area (Å²) in [5.41, 5.74) is 3.11. The van der Waals surface area contributed by atoms with Gasteiger partial charge in [-0.05, 0) is 30.5 Å². The molecule has 2 nitrogen and oxygen atoms in total. The number of anilines is 1. The average molecular weight is 253 g/mol. The van der Waals surface area contributed by atoms with Gasteiger partial charge in [-0.1, -0.05) is 55.5 Å². The Balaban J connectivity index is 2.13. The lowest BCUT2D eigenvalue weighted by Gasteiger charge is -2.14. The maximum absolute atomic E-state index is 12.3. The molecule has 0 fully saturated rings. The number of nitrogens with one attached hydrogen (secondary N) is 1. The highest BCUT2D eigenvalue weighted by atomic mass is 16.1. The lowest BCUT2D eigenvalue weighted by atomic mass is 10.00. The number of carbonyl (C=O) groups is 1. The van der Waals surface area contributed by atoms with E-state index >= 15 is 0 Å². The monoisotopic (exact) mass is 253 g/mol. The molecule has 0 spiro atoms. The first-order valence-electron chi connectivity index (χ1n) is 6.66. The minimum Gasteiger partial charge on any atom is -0.325 e. The van der Waals surface area contributed by atoms with E-state index in [4.69, 9.17) is 0 Å². The van der Waals surface area contributed by atoms with E-state index in [-0.39, 0.29) is 11.8 Å². The van der Waals surface area contributed by atoms with Crippen molar-refractivity contribution in [3.63, 3.8) is 0 Å².